The third kappa shape index (κ3) is 1.56. The van der Waals surface area contributed by atoms with Crippen molar-refractivity contribution in [2.24, 2.45) is 0 Å². The maximum Gasteiger partial charge on any atom is 0.162 e. The number of benzene rings is 1. The topological polar surface area (TPSA) is 83.4 Å². The molecule has 1 heterocycles. The van der Waals surface area contributed by atoms with Gasteiger partial charge in [0.15, 0.2) is 11.5 Å². The molecule has 5 nitrogen and oxygen atoms in total. The lowest BCUT2D eigenvalue weighted by molar-refractivity contribution is 0.356. The molecule has 0 atom stereocenters. The van der Waals surface area contributed by atoms with E-state index < -0.39 is 0 Å². The molecule has 0 saturated heterocycles. The number of nitrogens with two attached hydrogens (primary N) is 2. The molecule has 4 N–H and O–H groups in total. The molecule has 1 aromatic carbocycles. The van der Waals surface area contributed by atoms with Crippen LogP contribution in [0.25, 0.3) is 10.9 Å². The molecule has 0 unspecified atom stereocenters. The van der Waals surface area contributed by atoms with Gasteiger partial charge in [0.1, 0.15) is 5.82 Å². The van der Waals surface area contributed by atoms with E-state index in [0.717, 1.165) is 5.39 Å². The molecule has 2 aromatic rings. The van der Waals surface area contributed by atoms with Crippen LogP contribution in [0.5, 0.6) is 11.5 Å². The van der Waals surface area contributed by atoms with Gasteiger partial charge in [-0.05, 0) is 6.07 Å². The van der Waals surface area contributed by atoms with Gasteiger partial charge in [0.2, 0.25) is 0 Å². The van der Waals surface area contributed by atoms with Gasteiger partial charge in [0.25, 0.3) is 0 Å². The van der Waals surface area contributed by atoms with Crippen LogP contribution < -0.4 is 20.9 Å². The number of hydrogen-bond donors (Lipinski definition) is 2. The first-order valence-electron chi connectivity index (χ1n) is 4.73. The van der Waals surface area contributed by atoms with Crippen molar-refractivity contribution in [2.45, 2.75) is 0 Å². The number of rotatable bonds is 2. The van der Waals surface area contributed by atoms with E-state index in [4.69, 9.17) is 20.9 Å². The van der Waals surface area contributed by atoms with Crippen LogP contribution in [0.15, 0.2) is 18.2 Å². The normalized spacial score (nSPS) is 10.4. The SMILES string of the molecule is COc1cc2nc(N)cc(N)c2cc1OC. The summed E-state index contributed by atoms with van der Waals surface area (Å²) in [4.78, 5) is 4.18. The maximum absolute atomic E-state index is 5.86. The molecule has 0 amide bonds. The van der Waals surface area contributed by atoms with Gasteiger partial charge in [-0.1, -0.05) is 0 Å². The lowest BCUT2D eigenvalue weighted by atomic mass is 10.1. The minimum absolute atomic E-state index is 0.386. The molecule has 16 heavy (non-hydrogen) atoms. The van der Waals surface area contributed by atoms with E-state index in [2.05, 4.69) is 4.98 Å². The molecule has 0 aliphatic heterocycles. The third-order valence-corrected chi connectivity index (χ3v) is 2.37. The minimum atomic E-state index is 0.386. The standard InChI is InChI=1S/C11H13N3O2/c1-15-9-3-6-7(12)4-11(13)14-8(6)5-10(9)16-2/h3-5H,1-2H3,(H4,12,13,14). The van der Waals surface area contributed by atoms with Crippen molar-refractivity contribution in [3.05, 3.63) is 18.2 Å². The Labute approximate surface area is 93.0 Å². The number of anilines is 2. The predicted molar refractivity (Wildman–Crippen MR) is 63.7 cm³/mol. The van der Waals surface area contributed by atoms with Crippen molar-refractivity contribution in [3.63, 3.8) is 0 Å². The molecule has 0 saturated carbocycles. The molecule has 5 heteroatoms. The van der Waals surface area contributed by atoms with E-state index in [1.165, 1.54) is 0 Å². The first kappa shape index (κ1) is 10.4. The highest BCUT2D eigenvalue weighted by molar-refractivity contribution is 5.94. The number of ether oxygens (including phenoxy) is 2. The number of nitrogens with zero attached hydrogens (tertiary/aromatic N) is 1. The molecular formula is C11H13N3O2. The summed E-state index contributed by atoms with van der Waals surface area (Å²) in [5.74, 6) is 1.61. The van der Waals surface area contributed by atoms with Crippen molar-refractivity contribution in [1.82, 2.24) is 4.98 Å². The summed E-state index contributed by atoms with van der Waals surface area (Å²) >= 11 is 0. The van der Waals surface area contributed by atoms with Gasteiger partial charge in [-0.15, -0.1) is 0 Å². The summed E-state index contributed by atoms with van der Waals surface area (Å²) in [6.07, 6.45) is 0. The summed E-state index contributed by atoms with van der Waals surface area (Å²) in [6.45, 7) is 0. The Morgan fingerprint density at radius 3 is 2.25 bits per heavy atom. The number of methoxy groups -OCH3 is 2. The molecule has 0 bridgehead atoms. The second-order valence-electron chi connectivity index (χ2n) is 3.36. The smallest absolute Gasteiger partial charge is 0.162 e. The largest absolute Gasteiger partial charge is 0.493 e. The fourth-order valence-electron chi connectivity index (χ4n) is 1.60. The van der Waals surface area contributed by atoms with Crippen LogP contribution >= 0.6 is 0 Å². The van der Waals surface area contributed by atoms with Gasteiger partial charge in [-0.3, -0.25) is 0 Å². The van der Waals surface area contributed by atoms with Gasteiger partial charge in [-0.25, -0.2) is 4.98 Å². The number of pyridine rings is 1. The predicted octanol–water partition coefficient (Wildman–Crippen LogP) is 1.42. The van der Waals surface area contributed by atoms with E-state index in [1.54, 1.807) is 32.4 Å². The molecular weight excluding hydrogens is 206 g/mol. The van der Waals surface area contributed by atoms with Crippen molar-refractivity contribution >= 4 is 22.4 Å². The van der Waals surface area contributed by atoms with E-state index >= 15 is 0 Å². The zero-order valence-corrected chi connectivity index (χ0v) is 9.15. The fraction of sp³-hybridized carbons (Fsp3) is 0.182. The lowest BCUT2D eigenvalue weighted by Gasteiger charge is -2.10. The van der Waals surface area contributed by atoms with E-state index in [9.17, 15) is 0 Å². The van der Waals surface area contributed by atoms with Crippen LogP contribution in [0.1, 0.15) is 0 Å². The van der Waals surface area contributed by atoms with Crippen LogP contribution in [-0.2, 0) is 0 Å². The van der Waals surface area contributed by atoms with E-state index in [-0.39, 0.29) is 0 Å². The molecule has 0 spiro atoms. The van der Waals surface area contributed by atoms with Crippen LogP contribution in [0.2, 0.25) is 0 Å². The zero-order chi connectivity index (χ0) is 11.7. The fourth-order valence-corrected chi connectivity index (χ4v) is 1.60. The van der Waals surface area contributed by atoms with Crippen molar-refractivity contribution in [1.29, 1.82) is 0 Å². The molecule has 0 radical (unpaired) electrons. The van der Waals surface area contributed by atoms with Crippen molar-refractivity contribution in [3.8, 4) is 11.5 Å². The van der Waals surface area contributed by atoms with Crippen molar-refractivity contribution in [2.75, 3.05) is 25.7 Å². The summed E-state index contributed by atoms with van der Waals surface area (Å²) < 4.78 is 10.4. The Hall–Kier alpha value is -2.17. The highest BCUT2D eigenvalue weighted by Crippen LogP contribution is 2.34. The molecule has 2 rings (SSSR count). The van der Waals surface area contributed by atoms with E-state index in [1.807, 2.05) is 0 Å². The number of aromatic nitrogens is 1. The number of nitrogen functional groups attached to an aromatic ring is 2. The number of fused-ring (bicyclic) bond motifs is 1. The molecule has 84 valence electrons. The monoisotopic (exact) mass is 219 g/mol. The van der Waals surface area contributed by atoms with E-state index in [0.29, 0.717) is 28.5 Å². The molecule has 0 aliphatic carbocycles. The first-order chi connectivity index (χ1) is 7.65. The highest BCUT2D eigenvalue weighted by Gasteiger charge is 2.09. The Balaban J connectivity index is 2.78. The van der Waals surface area contributed by atoms with Gasteiger partial charge in [0, 0.05) is 23.2 Å². The van der Waals surface area contributed by atoms with Gasteiger partial charge in [0.05, 0.1) is 19.7 Å². The summed E-state index contributed by atoms with van der Waals surface area (Å²) in [7, 11) is 3.14. The Morgan fingerprint density at radius 1 is 1.00 bits per heavy atom. The van der Waals surface area contributed by atoms with Crippen LogP contribution in [-0.4, -0.2) is 19.2 Å². The van der Waals surface area contributed by atoms with Crippen LogP contribution in [0, 0.1) is 0 Å². The quantitative estimate of drug-likeness (QED) is 0.798. The van der Waals surface area contributed by atoms with Crippen molar-refractivity contribution < 1.29 is 9.47 Å². The average Bonchev–Trinajstić information content (AvgIpc) is 2.27. The Kier molecular flexibility index (Phi) is 2.44. The zero-order valence-electron chi connectivity index (χ0n) is 9.15. The second kappa shape index (κ2) is 3.77. The van der Waals surface area contributed by atoms with Gasteiger partial charge < -0.3 is 20.9 Å². The van der Waals surface area contributed by atoms with Crippen LogP contribution in [0.3, 0.4) is 0 Å². The van der Waals surface area contributed by atoms with Gasteiger partial charge in [-0.2, -0.15) is 0 Å². The maximum atomic E-state index is 5.86. The Bertz CT molecular complexity index is 540. The summed E-state index contributed by atoms with van der Waals surface area (Å²) in [5, 5.41) is 0.798. The molecule has 0 fully saturated rings. The summed E-state index contributed by atoms with van der Waals surface area (Å²) in [6, 6.07) is 5.16. The summed E-state index contributed by atoms with van der Waals surface area (Å²) in [5.41, 5.74) is 12.7. The minimum Gasteiger partial charge on any atom is -0.493 e. The number of hydrogen-bond acceptors (Lipinski definition) is 5. The lowest BCUT2D eigenvalue weighted by Crippen LogP contribution is -1.97. The second-order valence-corrected chi connectivity index (χ2v) is 3.36. The molecule has 1 aromatic heterocycles. The van der Waals surface area contributed by atoms with Crippen LogP contribution in [0.4, 0.5) is 11.5 Å². The average molecular weight is 219 g/mol. The van der Waals surface area contributed by atoms with Gasteiger partial charge >= 0.3 is 0 Å². The Morgan fingerprint density at radius 2 is 1.62 bits per heavy atom. The highest BCUT2D eigenvalue weighted by atomic mass is 16.5. The third-order valence-electron chi connectivity index (χ3n) is 2.37. The molecule has 0 aliphatic rings. The first-order valence-corrected chi connectivity index (χ1v) is 4.73.